The summed E-state index contributed by atoms with van der Waals surface area (Å²) >= 11 is 0. The van der Waals surface area contributed by atoms with E-state index in [0.29, 0.717) is 50.9 Å². The summed E-state index contributed by atoms with van der Waals surface area (Å²) in [6, 6.07) is 6.78. The van der Waals surface area contributed by atoms with Crippen LogP contribution < -0.4 is 0 Å². The number of epoxide rings is 1. The molecule has 8 aliphatic rings. The fraction of sp³-hybridized carbons (Fsp3) is 0.706. The van der Waals surface area contributed by atoms with Gasteiger partial charge in [0.25, 0.3) is 0 Å². The number of aliphatic hydroxyl groups excluding tert-OH is 3. The van der Waals surface area contributed by atoms with E-state index in [9.17, 15) is 20.1 Å². The molecule has 3 saturated carbocycles. The van der Waals surface area contributed by atoms with Crippen molar-refractivity contribution in [2.24, 2.45) is 55.7 Å². The number of aliphatic hydroxyl groups is 3. The molecule has 4 aliphatic carbocycles. The fourth-order valence-electron chi connectivity index (χ4n) is 15.6. The molecule has 8 nitrogen and oxygen atoms in total. The quantitative estimate of drug-likeness (QED) is 0.227. The Morgan fingerprint density at radius 2 is 1.69 bits per heavy atom. The van der Waals surface area contributed by atoms with Crippen LogP contribution in [0.25, 0.3) is 0 Å². The van der Waals surface area contributed by atoms with E-state index in [4.69, 9.17) is 9.73 Å². The lowest BCUT2D eigenvalue weighted by atomic mass is 9.34. The van der Waals surface area contributed by atoms with Crippen LogP contribution in [-0.4, -0.2) is 81.6 Å². The van der Waals surface area contributed by atoms with Gasteiger partial charge in [-0.1, -0.05) is 70.9 Å². The molecule has 4 fully saturated rings. The van der Waals surface area contributed by atoms with Gasteiger partial charge in [0.2, 0.25) is 0 Å². The molecule has 1 aromatic rings. The van der Waals surface area contributed by atoms with E-state index in [2.05, 4.69) is 84.7 Å². The van der Waals surface area contributed by atoms with Gasteiger partial charge in [-0.25, -0.2) is 0 Å². The van der Waals surface area contributed by atoms with Crippen LogP contribution in [0, 0.1) is 64.6 Å². The Bertz CT molecular complexity index is 2110. The summed E-state index contributed by atoms with van der Waals surface area (Å²) in [6.07, 6.45) is 6.96. The summed E-state index contributed by atoms with van der Waals surface area (Å²) in [5, 5.41) is 35.4. The highest BCUT2D eigenvalue weighted by atomic mass is 16.6. The summed E-state index contributed by atoms with van der Waals surface area (Å²) in [4.78, 5) is 37.2. The number of carbonyl (C=O) groups excluding carboxylic acids is 2. The third-order valence-corrected chi connectivity index (χ3v) is 18.1. The minimum atomic E-state index is -0.753. The molecule has 0 spiro atoms. The first kappa shape index (κ1) is 41.4. The number of Topliss-reactive ketones (excluding diaryl/α,β-unsaturated/α-hetero) is 2. The maximum atomic E-state index is 15.2. The highest BCUT2D eigenvalue weighted by Gasteiger charge is 2.73. The maximum Gasteiger partial charge on any atom is 0.160 e. The van der Waals surface area contributed by atoms with Crippen LogP contribution in [-0.2, 0) is 20.7 Å². The number of allylic oxidation sites excluding steroid dienone is 2. The Morgan fingerprint density at radius 1 is 1.00 bits per heavy atom. The average Bonchev–Trinajstić information content (AvgIpc) is 3.39. The number of nitrogens with zero attached hydrogens (tertiary/aromatic N) is 2. The molecule has 4 heterocycles. The van der Waals surface area contributed by atoms with Crippen molar-refractivity contribution < 1.29 is 29.6 Å². The van der Waals surface area contributed by atoms with E-state index >= 15 is 4.79 Å². The summed E-state index contributed by atoms with van der Waals surface area (Å²) < 4.78 is 6.02. The summed E-state index contributed by atoms with van der Waals surface area (Å²) in [6.45, 7) is 23.3. The van der Waals surface area contributed by atoms with Gasteiger partial charge >= 0.3 is 0 Å². The van der Waals surface area contributed by atoms with Gasteiger partial charge in [-0.05, 0) is 136 Å². The predicted molar refractivity (Wildman–Crippen MR) is 231 cm³/mol. The van der Waals surface area contributed by atoms with Crippen molar-refractivity contribution in [1.29, 1.82) is 0 Å². The summed E-state index contributed by atoms with van der Waals surface area (Å²) in [5.74, 6) is -0.0906. The van der Waals surface area contributed by atoms with Crippen LogP contribution in [0.4, 0.5) is 0 Å². The molecule has 11 atom stereocenters. The second-order valence-electron chi connectivity index (χ2n) is 22.8. The molecule has 11 unspecified atom stereocenters. The molecular formula is C51H70N2O6. The second kappa shape index (κ2) is 13.5. The standard InChI is InChI=1S/C51H70N2O6/c1-28-18-29(2)20-30(19-28)21-33-26-53-27-34-38-39(48(7,23-36(56)45-47(5,6)59-45)15-13-32-25-52-40(33)41(32)53)35(55)24-51(38,10)50(9)16-14-37-46(3,4)44(58)31(12-11-17-54)22-49(37,8)43(50)42(34)57/h18-20,25,31,34,36-37,42-43,45,54,56-57H,11-17,21-24,26-27H2,1-10H3. The summed E-state index contributed by atoms with van der Waals surface area (Å²) in [7, 11) is 0. The van der Waals surface area contributed by atoms with E-state index in [1.54, 1.807) is 0 Å². The van der Waals surface area contributed by atoms with Crippen molar-refractivity contribution in [2.45, 2.75) is 157 Å². The Hall–Kier alpha value is -2.91. The number of fused-ring (bicyclic) bond motifs is 4. The highest BCUT2D eigenvalue weighted by Crippen LogP contribution is 2.76. The van der Waals surface area contributed by atoms with Crippen LogP contribution in [0.15, 0.2) is 56.9 Å². The second-order valence-corrected chi connectivity index (χ2v) is 22.8. The molecule has 0 radical (unpaired) electrons. The molecule has 4 aliphatic heterocycles. The number of benzene rings is 1. The molecule has 320 valence electrons. The molecule has 1 aromatic carbocycles. The molecule has 3 N–H and O–H groups in total. The average molecular weight is 807 g/mol. The lowest BCUT2D eigenvalue weighted by Crippen LogP contribution is -2.69. The lowest BCUT2D eigenvalue weighted by Gasteiger charge is -2.70. The van der Waals surface area contributed by atoms with Crippen LogP contribution in [0.2, 0.25) is 0 Å². The molecule has 9 rings (SSSR count). The first-order valence-electron chi connectivity index (χ1n) is 22.9. The van der Waals surface area contributed by atoms with Crippen LogP contribution in [0.5, 0.6) is 0 Å². The zero-order valence-electron chi connectivity index (χ0n) is 37.5. The van der Waals surface area contributed by atoms with Crippen LogP contribution in [0.1, 0.15) is 130 Å². The summed E-state index contributed by atoms with van der Waals surface area (Å²) in [5.41, 5.74) is 7.57. The van der Waals surface area contributed by atoms with Crippen LogP contribution >= 0.6 is 0 Å². The van der Waals surface area contributed by atoms with E-state index in [-0.39, 0.29) is 47.6 Å². The van der Waals surface area contributed by atoms with Crippen molar-refractivity contribution >= 4 is 17.8 Å². The zero-order valence-corrected chi connectivity index (χ0v) is 37.5. The smallest absolute Gasteiger partial charge is 0.160 e. The van der Waals surface area contributed by atoms with Gasteiger partial charge in [-0.2, -0.15) is 0 Å². The number of carbonyl (C=O) groups is 2. The third kappa shape index (κ3) is 5.98. The SMILES string of the molecule is Cc1cc(C)cc(CC2=C3N=CC4=C3N(C2)CC2C3=C(C(=O)CC3(C)C3(C)CCC5C(C)(C)C(=O)C(CCCO)CC5(C)C3C2O)C(C)(CC(O)C2OC2(C)C)CC4)c1. The highest BCUT2D eigenvalue weighted by molar-refractivity contribution is 6.02. The first-order valence-corrected chi connectivity index (χ1v) is 22.9. The number of rotatable bonds is 8. The monoisotopic (exact) mass is 807 g/mol. The lowest BCUT2D eigenvalue weighted by molar-refractivity contribution is -0.225. The molecule has 8 heteroatoms. The van der Waals surface area contributed by atoms with Gasteiger partial charge in [0.1, 0.15) is 11.9 Å². The molecule has 1 saturated heterocycles. The van der Waals surface area contributed by atoms with Crippen molar-refractivity contribution in [1.82, 2.24) is 4.90 Å². The van der Waals surface area contributed by atoms with Gasteiger partial charge < -0.3 is 25.0 Å². The number of ketones is 2. The number of aliphatic imine (C=N–C) groups is 1. The van der Waals surface area contributed by atoms with Gasteiger partial charge in [0.15, 0.2) is 5.78 Å². The van der Waals surface area contributed by atoms with E-state index in [0.717, 1.165) is 49.1 Å². The predicted octanol–water partition coefficient (Wildman–Crippen LogP) is 8.18. The Balaban J connectivity index is 1.20. The largest absolute Gasteiger partial charge is 0.396 e. The van der Waals surface area contributed by atoms with Crippen LogP contribution in [0.3, 0.4) is 0 Å². The number of hydrogen-bond acceptors (Lipinski definition) is 8. The molecule has 0 bridgehead atoms. The van der Waals surface area contributed by atoms with Gasteiger partial charge in [-0.15, -0.1) is 0 Å². The minimum absolute atomic E-state index is 0.0596. The number of aryl methyl sites for hydroxylation is 2. The normalized spacial score (nSPS) is 40.9. The molecular weight excluding hydrogens is 737 g/mol. The van der Waals surface area contributed by atoms with E-state index < -0.39 is 39.5 Å². The topological polar surface area (TPSA) is 123 Å². The van der Waals surface area contributed by atoms with E-state index in [1.165, 1.54) is 33.5 Å². The molecule has 0 aromatic heterocycles. The van der Waals surface area contributed by atoms with Crippen molar-refractivity contribution in [3.8, 4) is 0 Å². The van der Waals surface area contributed by atoms with Crippen molar-refractivity contribution in [3.63, 3.8) is 0 Å². The Morgan fingerprint density at radius 3 is 2.36 bits per heavy atom. The van der Waals surface area contributed by atoms with Crippen molar-refractivity contribution in [2.75, 3.05) is 19.7 Å². The minimum Gasteiger partial charge on any atom is -0.396 e. The fourth-order valence-corrected chi connectivity index (χ4v) is 15.6. The first-order chi connectivity index (χ1) is 27.6. The van der Waals surface area contributed by atoms with Gasteiger partial charge in [0, 0.05) is 60.6 Å². The zero-order chi connectivity index (χ0) is 42.4. The van der Waals surface area contributed by atoms with Gasteiger partial charge in [0.05, 0.1) is 29.2 Å². The van der Waals surface area contributed by atoms with Crippen molar-refractivity contribution in [3.05, 3.63) is 68.6 Å². The molecule has 59 heavy (non-hydrogen) atoms. The Kier molecular flexibility index (Phi) is 9.51. The van der Waals surface area contributed by atoms with E-state index in [1.807, 2.05) is 13.8 Å². The molecule has 0 amide bonds. The maximum absolute atomic E-state index is 15.2. The number of hydrogen-bond donors (Lipinski definition) is 3. The Labute approximate surface area is 352 Å². The number of ether oxygens (including phenoxy) is 1. The van der Waals surface area contributed by atoms with Gasteiger partial charge in [-0.3, -0.25) is 14.6 Å². The third-order valence-electron chi connectivity index (χ3n) is 18.1.